The molecular formula is C6H6BrN3O4S. The van der Waals surface area contributed by atoms with Crippen molar-refractivity contribution < 1.29 is 13.3 Å². The Morgan fingerprint density at radius 3 is 2.60 bits per heavy atom. The van der Waals surface area contributed by atoms with Crippen LogP contribution in [0.5, 0.6) is 0 Å². The highest BCUT2D eigenvalue weighted by atomic mass is 79.9. The van der Waals surface area contributed by atoms with Crippen LogP contribution in [-0.4, -0.2) is 25.4 Å². The number of nitro groups is 1. The Morgan fingerprint density at radius 1 is 1.53 bits per heavy atom. The molecule has 0 amide bonds. The highest BCUT2D eigenvalue weighted by Gasteiger charge is 2.26. The lowest BCUT2D eigenvalue weighted by Crippen LogP contribution is -2.20. The molecule has 15 heavy (non-hydrogen) atoms. The number of nitrogens with zero attached hydrogens (tertiary/aromatic N) is 2. The highest BCUT2D eigenvalue weighted by molar-refractivity contribution is 9.10. The molecule has 0 saturated carbocycles. The fourth-order valence-corrected chi connectivity index (χ4v) is 1.99. The largest absolute Gasteiger partial charge is 0.384 e. The average molecular weight is 296 g/mol. The Morgan fingerprint density at radius 2 is 2.13 bits per heavy atom. The van der Waals surface area contributed by atoms with Crippen molar-refractivity contribution in [1.82, 2.24) is 9.71 Å². The third-order valence-corrected chi connectivity index (χ3v) is 3.41. The zero-order valence-corrected chi connectivity index (χ0v) is 9.87. The maximum atomic E-state index is 11.4. The predicted molar refractivity (Wildman–Crippen MR) is 54.8 cm³/mol. The molecule has 0 aliphatic carbocycles. The molecule has 1 heterocycles. The molecule has 0 radical (unpaired) electrons. The summed E-state index contributed by atoms with van der Waals surface area (Å²) in [6.07, 6.45) is 0. The second kappa shape index (κ2) is 4.21. The topological polar surface area (TPSA) is 102 Å². The minimum Gasteiger partial charge on any atom is -0.358 e. The van der Waals surface area contributed by atoms with Gasteiger partial charge in [-0.15, -0.1) is 0 Å². The van der Waals surface area contributed by atoms with Crippen LogP contribution >= 0.6 is 15.9 Å². The molecule has 0 atom stereocenters. The first kappa shape index (κ1) is 12.0. The van der Waals surface area contributed by atoms with Crippen molar-refractivity contribution in [1.29, 1.82) is 0 Å². The van der Waals surface area contributed by atoms with E-state index in [0.29, 0.717) is 0 Å². The van der Waals surface area contributed by atoms with Gasteiger partial charge in [-0.1, -0.05) is 0 Å². The van der Waals surface area contributed by atoms with Gasteiger partial charge in [0.05, 0.1) is 0 Å². The quantitative estimate of drug-likeness (QED) is 0.501. The van der Waals surface area contributed by atoms with Crippen LogP contribution in [0.1, 0.15) is 0 Å². The third-order valence-electron chi connectivity index (χ3n) is 1.54. The summed E-state index contributed by atoms with van der Waals surface area (Å²) in [5, 5.41) is 10.6. The second-order valence-electron chi connectivity index (χ2n) is 2.42. The molecule has 0 aliphatic heterocycles. The molecule has 1 rings (SSSR count). The molecule has 1 aromatic rings. The van der Waals surface area contributed by atoms with Crippen LogP contribution in [0, 0.1) is 10.1 Å². The minimum absolute atomic E-state index is 0.198. The summed E-state index contributed by atoms with van der Waals surface area (Å²) in [5.41, 5.74) is 0. The molecule has 0 saturated heterocycles. The monoisotopic (exact) mass is 295 g/mol. The molecular weight excluding hydrogens is 290 g/mol. The van der Waals surface area contributed by atoms with Crippen molar-refractivity contribution in [2.75, 3.05) is 7.05 Å². The molecule has 0 aromatic carbocycles. The number of halogens is 1. The van der Waals surface area contributed by atoms with Crippen LogP contribution in [-0.2, 0) is 10.0 Å². The summed E-state index contributed by atoms with van der Waals surface area (Å²) < 4.78 is 24.9. The molecule has 0 fully saturated rings. The van der Waals surface area contributed by atoms with E-state index in [0.717, 1.165) is 6.07 Å². The van der Waals surface area contributed by atoms with E-state index in [1.54, 1.807) is 0 Å². The molecule has 7 nitrogen and oxygen atoms in total. The van der Waals surface area contributed by atoms with Crippen molar-refractivity contribution in [2.24, 2.45) is 0 Å². The molecule has 0 aliphatic rings. The van der Waals surface area contributed by atoms with Crippen molar-refractivity contribution in [3.63, 3.8) is 0 Å². The summed E-state index contributed by atoms with van der Waals surface area (Å²) in [7, 11) is -2.70. The van der Waals surface area contributed by atoms with Gasteiger partial charge >= 0.3 is 5.82 Å². The van der Waals surface area contributed by atoms with E-state index in [1.165, 1.54) is 13.1 Å². The Labute approximate surface area is 93.8 Å². The Balaban J connectivity index is 3.49. The van der Waals surface area contributed by atoms with Crippen LogP contribution in [0.4, 0.5) is 5.82 Å². The van der Waals surface area contributed by atoms with Crippen LogP contribution in [0.3, 0.4) is 0 Å². The van der Waals surface area contributed by atoms with Gasteiger partial charge in [-0.3, -0.25) is 0 Å². The zero-order valence-electron chi connectivity index (χ0n) is 7.47. The summed E-state index contributed by atoms with van der Waals surface area (Å²) >= 11 is 2.92. The van der Waals surface area contributed by atoms with Crippen LogP contribution in [0.25, 0.3) is 0 Å². The van der Waals surface area contributed by atoms with Gasteiger partial charge in [-0.05, 0) is 29.1 Å². The van der Waals surface area contributed by atoms with Gasteiger partial charge in [0.1, 0.15) is 0 Å². The fourth-order valence-electron chi connectivity index (χ4n) is 0.863. The molecule has 0 unspecified atom stereocenters. The lowest BCUT2D eigenvalue weighted by molar-refractivity contribution is -0.392. The number of nitrogens with one attached hydrogen (secondary N) is 1. The first-order valence-electron chi connectivity index (χ1n) is 3.63. The molecule has 0 bridgehead atoms. The smallest absolute Gasteiger partial charge is 0.358 e. The minimum atomic E-state index is -3.87. The van der Waals surface area contributed by atoms with E-state index >= 15 is 0 Å². The molecule has 0 spiro atoms. The maximum absolute atomic E-state index is 11.4. The Hall–Kier alpha value is -1.06. The van der Waals surface area contributed by atoms with E-state index in [2.05, 4.69) is 20.9 Å². The summed E-state index contributed by atoms with van der Waals surface area (Å²) in [6, 6.07) is 2.43. The second-order valence-corrected chi connectivity index (χ2v) is 5.09. The van der Waals surface area contributed by atoms with E-state index in [4.69, 9.17) is 0 Å². The number of hydrogen-bond donors (Lipinski definition) is 1. The van der Waals surface area contributed by atoms with Crippen molar-refractivity contribution in [3.8, 4) is 0 Å². The Bertz CT molecular complexity index is 501. The van der Waals surface area contributed by atoms with Gasteiger partial charge < -0.3 is 10.1 Å². The van der Waals surface area contributed by atoms with Crippen molar-refractivity contribution in [2.45, 2.75) is 4.90 Å². The first-order chi connectivity index (χ1) is 6.88. The average Bonchev–Trinajstić information content (AvgIpc) is 2.17. The molecule has 1 aromatic heterocycles. The van der Waals surface area contributed by atoms with Gasteiger partial charge in [0.2, 0.25) is 14.6 Å². The summed E-state index contributed by atoms with van der Waals surface area (Å²) in [4.78, 5) is 12.7. The maximum Gasteiger partial charge on any atom is 0.384 e. The summed E-state index contributed by atoms with van der Waals surface area (Å²) in [6.45, 7) is 0. The summed E-state index contributed by atoms with van der Waals surface area (Å²) in [5.74, 6) is -0.710. The molecule has 82 valence electrons. The number of hydrogen-bond acceptors (Lipinski definition) is 5. The number of pyridine rings is 1. The Kier molecular flexibility index (Phi) is 3.37. The molecule has 9 heteroatoms. The standard InChI is InChI=1S/C6H6BrN3O4S/c1-8-15(13,14)4-2-3-5(7)9-6(4)10(11)12/h2-3,8H,1H3. The van der Waals surface area contributed by atoms with E-state index in [-0.39, 0.29) is 4.60 Å². The van der Waals surface area contributed by atoms with E-state index in [1.807, 2.05) is 4.72 Å². The van der Waals surface area contributed by atoms with Gasteiger partial charge in [-0.25, -0.2) is 13.1 Å². The van der Waals surface area contributed by atoms with Gasteiger partial charge in [-0.2, -0.15) is 0 Å². The van der Waals surface area contributed by atoms with Gasteiger partial charge in [0, 0.05) is 15.9 Å². The van der Waals surface area contributed by atoms with Crippen LogP contribution in [0.2, 0.25) is 0 Å². The zero-order chi connectivity index (χ0) is 11.6. The predicted octanol–water partition coefficient (Wildman–Crippen LogP) is 0.660. The number of aromatic nitrogens is 1. The van der Waals surface area contributed by atoms with Crippen molar-refractivity contribution in [3.05, 3.63) is 26.9 Å². The van der Waals surface area contributed by atoms with Crippen LogP contribution in [0.15, 0.2) is 21.6 Å². The highest BCUT2D eigenvalue weighted by Crippen LogP contribution is 2.22. The number of sulfonamides is 1. The lowest BCUT2D eigenvalue weighted by atomic mass is 10.5. The first-order valence-corrected chi connectivity index (χ1v) is 5.90. The SMILES string of the molecule is CNS(=O)(=O)c1ccc(Br)nc1[N+](=O)[O-]. The van der Waals surface area contributed by atoms with E-state index in [9.17, 15) is 18.5 Å². The number of rotatable bonds is 3. The normalized spacial score (nSPS) is 11.3. The lowest BCUT2D eigenvalue weighted by Gasteiger charge is -2.02. The van der Waals surface area contributed by atoms with Gasteiger partial charge in [0.15, 0.2) is 4.90 Å². The third kappa shape index (κ3) is 2.49. The van der Waals surface area contributed by atoms with Crippen molar-refractivity contribution >= 4 is 31.8 Å². The van der Waals surface area contributed by atoms with Gasteiger partial charge in [0.25, 0.3) is 0 Å². The van der Waals surface area contributed by atoms with Crippen LogP contribution < -0.4 is 4.72 Å². The fraction of sp³-hybridized carbons (Fsp3) is 0.167. The molecule has 1 N–H and O–H groups in total. The van der Waals surface area contributed by atoms with E-state index < -0.39 is 25.7 Å².